The first-order valence-electron chi connectivity index (χ1n) is 4.18. The number of hydrogen-bond acceptors (Lipinski definition) is 4. The number of nitrogens with zero attached hydrogens (tertiary/aromatic N) is 1. The summed E-state index contributed by atoms with van der Waals surface area (Å²) in [7, 11) is 1.58. The molecule has 0 fully saturated rings. The van der Waals surface area contributed by atoms with Crippen molar-refractivity contribution in [3.63, 3.8) is 0 Å². The van der Waals surface area contributed by atoms with Crippen molar-refractivity contribution in [3.05, 3.63) is 17.8 Å². The van der Waals surface area contributed by atoms with E-state index in [0.29, 0.717) is 24.8 Å². The molecule has 0 bridgehead atoms. The molecule has 88 valence electrons. The molecule has 0 aliphatic rings. The maximum atomic E-state index is 5.45. The van der Waals surface area contributed by atoms with Crippen molar-refractivity contribution >= 4 is 24.8 Å². The highest BCUT2D eigenvalue weighted by molar-refractivity contribution is 5.85. The molecule has 15 heavy (non-hydrogen) atoms. The summed E-state index contributed by atoms with van der Waals surface area (Å²) in [6.07, 6.45) is 0. The number of aromatic nitrogens is 1. The minimum atomic E-state index is 0. The molecule has 4 nitrogen and oxygen atoms in total. The molecule has 1 aromatic heterocycles. The van der Waals surface area contributed by atoms with Gasteiger partial charge in [-0.25, -0.2) is 4.98 Å². The lowest BCUT2D eigenvalue weighted by atomic mass is 10.3. The second kappa shape index (κ2) is 8.59. The summed E-state index contributed by atoms with van der Waals surface area (Å²) in [5.74, 6) is 1.15. The van der Waals surface area contributed by atoms with Crippen LogP contribution in [0.1, 0.15) is 12.6 Å². The number of hydrogen-bond donors (Lipinski definition) is 1. The predicted octanol–water partition coefficient (Wildman–Crippen LogP) is 1.79. The third-order valence-electron chi connectivity index (χ3n) is 1.59. The summed E-state index contributed by atoms with van der Waals surface area (Å²) in [5, 5.41) is 0. The largest absolute Gasteiger partial charge is 0.491 e. The van der Waals surface area contributed by atoms with Gasteiger partial charge in [0.2, 0.25) is 0 Å². The van der Waals surface area contributed by atoms with E-state index in [1.54, 1.807) is 13.2 Å². The maximum Gasteiger partial charge on any atom is 0.257 e. The molecule has 1 aromatic rings. The van der Waals surface area contributed by atoms with Gasteiger partial charge in [0.1, 0.15) is 0 Å². The van der Waals surface area contributed by atoms with Gasteiger partial charge >= 0.3 is 0 Å². The van der Waals surface area contributed by atoms with Gasteiger partial charge in [0.15, 0.2) is 5.75 Å². The van der Waals surface area contributed by atoms with Crippen LogP contribution in [0.5, 0.6) is 11.6 Å². The normalized spacial score (nSPS) is 8.47. The van der Waals surface area contributed by atoms with Crippen molar-refractivity contribution in [1.82, 2.24) is 4.98 Å². The van der Waals surface area contributed by atoms with E-state index in [1.807, 2.05) is 13.0 Å². The van der Waals surface area contributed by atoms with E-state index in [-0.39, 0.29) is 24.8 Å². The quantitative estimate of drug-likeness (QED) is 0.891. The van der Waals surface area contributed by atoms with E-state index >= 15 is 0 Å². The Morgan fingerprint density at radius 2 is 2.00 bits per heavy atom. The zero-order valence-electron chi connectivity index (χ0n) is 8.73. The van der Waals surface area contributed by atoms with Crippen LogP contribution in [0, 0.1) is 0 Å². The Balaban J connectivity index is 0. The smallest absolute Gasteiger partial charge is 0.257 e. The maximum absolute atomic E-state index is 5.45. The SMILES string of the molecule is CCOc1nc(CN)ccc1OC.Cl.Cl. The van der Waals surface area contributed by atoms with Gasteiger partial charge in [-0.15, -0.1) is 24.8 Å². The van der Waals surface area contributed by atoms with Crippen LogP contribution in [-0.4, -0.2) is 18.7 Å². The first-order valence-corrected chi connectivity index (χ1v) is 4.18. The molecule has 1 heterocycles. The fraction of sp³-hybridized carbons (Fsp3) is 0.444. The van der Waals surface area contributed by atoms with Crippen LogP contribution in [0.4, 0.5) is 0 Å². The second-order valence-electron chi connectivity index (χ2n) is 2.45. The number of methoxy groups -OCH3 is 1. The molecule has 0 spiro atoms. The monoisotopic (exact) mass is 254 g/mol. The molecule has 0 aliphatic heterocycles. The Labute approximate surface area is 102 Å². The number of halogens is 2. The van der Waals surface area contributed by atoms with Crippen molar-refractivity contribution in [3.8, 4) is 11.6 Å². The highest BCUT2D eigenvalue weighted by atomic mass is 35.5. The molecule has 0 unspecified atom stereocenters. The van der Waals surface area contributed by atoms with Crippen molar-refractivity contribution < 1.29 is 9.47 Å². The van der Waals surface area contributed by atoms with Gasteiger partial charge in [-0.3, -0.25) is 0 Å². The van der Waals surface area contributed by atoms with E-state index in [1.165, 1.54) is 0 Å². The van der Waals surface area contributed by atoms with Gasteiger partial charge in [0.25, 0.3) is 5.88 Å². The molecule has 0 aliphatic carbocycles. The Kier molecular flexibility index (Phi) is 9.57. The number of pyridine rings is 1. The average molecular weight is 255 g/mol. The highest BCUT2D eigenvalue weighted by Crippen LogP contribution is 2.23. The highest BCUT2D eigenvalue weighted by Gasteiger charge is 2.05. The summed E-state index contributed by atoms with van der Waals surface area (Å²) in [6.45, 7) is 2.87. The molecular weight excluding hydrogens is 239 g/mol. The summed E-state index contributed by atoms with van der Waals surface area (Å²) < 4.78 is 10.3. The lowest BCUT2D eigenvalue weighted by molar-refractivity contribution is 0.297. The fourth-order valence-electron chi connectivity index (χ4n) is 0.975. The lowest BCUT2D eigenvalue weighted by Gasteiger charge is -2.08. The van der Waals surface area contributed by atoms with Crippen LogP contribution in [0.3, 0.4) is 0 Å². The Morgan fingerprint density at radius 3 is 2.47 bits per heavy atom. The van der Waals surface area contributed by atoms with E-state index in [0.717, 1.165) is 5.69 Å². The van der Waals surface area contributed by atoms with Gasteiger partial charge < -0.3 is 15.2 Å². The van der Waals surface area contributed by atoms with Gasteiger partial charge in [0, 0.05) is 6.54 Å². The van der Waals surface area contributed by atoms with Crippen molar-refractivity contribution in [1.29, 1.82) is 0 Å². The zero-order valence-corrected chi connectivity index (χ0v) is 10.4. The van der Waals surface area contributed by atoms with Crippen LogP contribution in [-0.2, 0) is 6.54 Å². The van der Waals surface area contributed by atoms with E-state index in [2.05, 4.69) is 4.98 Å². The standard InChI is InChI=1S/C9H14N2O2.2ClH/c1-3-13-9-8(12-2)5-4-7(6-10)11-9;;/h4-5H,3,6,10H2,1-2H3;2*1H. The Morgan fingerprint density at radius 1 is 1.33 bits per heavy atom. The fourth-order valence-corrected chi connectivity index (χ4v) is 0.975. The summed E-state index contributed by atoms with van der Waals surface area (Å²) in [4.78, 5) is 4.18. The average Bonchev–Trinajstić information content (AvgIpc) is 2.18. The molecule has 2 N–H and O–H groups in total. The van der Waals surface area contributed by atoms with Crippen LogP contribution < -0.4 is 15.2 Å². The number of nitrogens with two attached hydrogens (primary N) is 1. The van der Waals surface area contributed by atoms with Crippen LogP contribution >= 0.6 is 24.8 Å². The molecule has 0 saturated heterocycles. The molecule has 0 atom stereocenters. The van der Waals surface area contributed by atoms with Gasteiger partial charge in [-0.2, -0.15) is 0 Å². The van der Waals surface area contributed by atoms with E-state index in [4.69, 9.17) is 15.2 Å². The van der Waals surface area contributed by atoms with E-state index < -0.39 is 0 Å². The minimum Gasteiger partial charge on any atom is -0.491 e. The van der Waals surface area contributed by atoms with Gasteiger partial charge in [0.05, 0.1) is 19.4 Å². The molecule has 6 heteroatoms. The van der Waals surface area contributed by atoms with Crippen molar-refractivity contribution in [2.45, 2.75) is 13.5 Å². The topological polar surface area (TPSA) is 57.4 Å². The Hall–Kier alpha value is -0.710. The number of ether oxygens (including phenoxy) is 2. The summed E-state index contributed by atoms with van der Waals surface area (Å²) >= 11 is 0. The molecule has 0 amide bonds. The molecule has 0 saturated carbocycles. The third-order valence-corrected chi connectivity index (χ3v) is 1.59. The molecule has 0 aromatic carbocycles. The molecule has 0 radical (unpaired) electrons. The van der Waals surface area contributed by atoms with Crippen LogP contribution in [0.25, 0.3) is 0 Å². The minimum absolute atomic E-state index is 0. The van der Waals surface area contributed by atoms with Crippen molar-refractivity contribution in [2.24, 2.45) is 5.73 Å². The zero-order chi connectivity index (χ0) is 9.68. The third kappa shape index (κ3) is 4.55. The Bertz CT molecular complexity index is 285. The van der Waals surface area contributed by atoms with Gasteiger partial charge in [-0.1, -0.05) is 0 Å². The van der Waals surface area contributed by atoms with Crippen LogP contribution in [0.15, 0.2) is 12.1 Å². The second-order valence-corrected chi connectivity index (χ2v) is 2.45. The molecular formula is C9H16Cl2N2O2. The lowest BCUT2D eigenvalue weighted by Crippen LogP contribution is -2.03. The van der Waals surface area contributed by atoms with Crippen molar-refractivity contribution in [2.75, 3.05) is 13.7 Å². The van der Waals surface area contributed by atoms with Gasteiger partial charge in [-0.05, 0) is 19.1 Å². The van der Waals surface area contributed by atoms with Crippen LogP contribution in [0.2, 0.25) is 0 Å². The first kappa shape index (κ1) is 16.7. The van der Waals surface area contributed by atoms with E-state index in [9.17, 15) is 0 Å². The number of rotatable bonds is 4. The summed E-state index contributed by atoms with van der Waals surface area (Å²) in [5.41, 5.74) is 6.24. The predicted molar refractivity (Wildman–Crippen MR) is 64.3 cm³/mol. The summed E-state index contributed by atoms with van der Waals surface area (Å²) in [6, 6.07) is 3.63. The first-order chi connectivity index (χ1) is 6.31. The molecule has 1 rings (SSSR count).